The summed E-state index contributed by atoms with van der Waals surface area (Å²) in [7, 11) is 0. The van der Waals surface area contributed by atoms with Crippen molar-refractivity contribution in [2.24, 2.45) is 5.92 Å². The normalized spacial score (nSPS) is 12.0. The molecule has 0 unspecified atom stereocenters. The van der Waals surface area contributed by atoms with E-state index in [0.29, 0.717) is 11.8 Å². The van der Waals surface area contributed by atoms with E-state index in [0.717, 1.165) is 24.4 Å². The Morgan fingerprint density at radius 2 is 1.86 bits per heavy atom. The number of halogens is 1. The Bertz CT molecular complexity index is 640. The summed E-state index contributed by atoms with van der Waals surface area (Å²) in [5.74, 6) is 2.19. The zero-order valence-corrected chi connectivity index (χ0v) is 15.5. The summed E-state index contributed by atoms with van der Waals surface area (Å²) in [6.07, 6.45) is 0. The molecule has 0 bridgehead atoms. The Morgan fingerprint density at radius 3 is 2.43 bits per heavy atom. The molecule has 21 heavy (non-hydrogen) atoms. The molecule has 116 valence electrons. The maximum absolute atomic E-state index is 6.18. The van der Waals surface area contributed by atoms with Crippen molar-refractivity contribution in [3.8, 4) is 0 Å². The maximum atomic E-state index is 6.18. The highest BCUT2D eigenvalue weighted by atomic mass is 79.9. The van der Waals surface area contributed by atoms with Gasteiger partial charge in [-0.2, -0.15) is 0 Å². The van der Waals surface area contributed by atoms with Gasteiger partial charge in [-0.3, -0.25) is 0 Å². The van der Waals surface area contributed by atoms with Gasteiger partial charge in [-0.25, -0.2) is 0 Å². The number of nitrogens with one attached hydrogen (secondary N) is 1. The van der Waals surface area contributed by atoms with Crippen molar-refractivity contribution < 1.29 is 4.42 Å². The third-order valence-electron chi connectivity index (χ3n) is 3.86. The lowest BCUT2D eigenvalue weighted by Crippen LogP contribution is -2.19. The molecule has 0 amide bonds. The summed E-state index contributed by atoms with van der Waals surface area (Å²) in [5, 5.41) is 4.78. The first-order valence-corrected chi connectivity index (χ1v) is 8.53. The predicted octanol–water partition coefficient (Wildman–Crippen LogP) is 5.68. The van der Waals surface area contributed by atoms with Crippen LogP contribution in [0.4, 0.5) is 0 Å². The minimum absolute atomic E-state index is 0.454. The molecule has 0 aliphatic heterocycles. The molecular formula is C18H26BrNO. The first kappa shape index (κ1) is 16.6. The second kappa shape index (κ2) is 6.53. The van der Waals surface area contributed by atoms with Crippen LogP contribution in [0.3, 0.4) is 0 Å². The monoisotopic (exact) mass is 351 g/mol. The van der Waals surface area contributed by atoms with Gasteiger partial charge in [-0.15, -0.1) is 0 Å². The molecule has 0 aliphatic rings. The number of fused-ring (bicyclic) bond motifs is 1. The average Bonchev–Trinajstić information content (AvgIpc) is 2.74. The van der Waals surface area contributed by atoms with Crippen LogP contribution in [0.25, 0.3) is 11.0 Å². The quantitative estimate of drug-likeness (QED) is 0.749. The van der Waals surface area contributed by atoms with E-state index in [2.05, 4.69) is 68.9 Å². The first-order chi connectivity index (χ1) is 9.82. The smallest absolute Gasteiger partial charge is 0.135 e. The number of benzene rings is 1. The fourth-order valence-corrected chi connectivity index (χ4v) is 3.19. The molecule has 0 aliphatic carbocycles. The highest BCUT2D eigenvalue weighted by Crippen LogP contribution is 2.38. The van der Waals surface area contributed by atoms with E-state index < -0.39 is 0 Å². The molecule has 2 rings (SSSR count). The first-order valence-electron chi connectivity index (χ1n) is 7.74. The van der Waals surface area contributed by atoms with Crippen LogP contribution in [-0.2, 0) is 6.54 Å². The Kier molecular flexibility index (Phi) is 5.15. The largest absolute Gasteiger partial charge is 0.459 e. The van der Waals surface area contributed by atoms with Crippen molar-refractivity contribution in [2.75, 3.05) is 6.54 Å². The topological polar surface area (TPSA) is 25.2 Å². The molecule has 0 saturated heterocycles. The van der Waals surface area contributed by atoms with E-state index in [-0.39, 0.29) is 0 Å². The Hall–Kier alpha value is -0.800. The van der Waals surface area contributed by atoms with Crippen molar-refractivity contribution in [3.63, 3.8) is 0 Å². The highest BCUT2D eigenvalue weighted by Gasteiger charge is 2.20. The van der Waals surface area contributed by atoms with Gasteiger partial charge in [-0.1, -0.05) is 43.6 Å². The van der Waals surface area contributed by atoms with Gasteiger partial charge in [-0.05, 0) is 49.4 Å². The molecule has 0 radical (unpaired) electrons. The Labute approximate surface area is 136 Å². The minimum atomic E-state index is 0.454. The van der Waals surface area contributed by atoms with Gasteiger partial charge in [0.05, 0.1) is 6.54 Å². The van der Waals surface area contributed by atoms with E-state index in [1.807, 2.05) is 0 Å². The lowest BCUT2D eigenvalue weighted by Gasteiger charge is -2.11. The van der Waals surface area contributed by atoms with Crippen molar-refractivity contribution >= 4 is 26.9 Å². The second-order valence-electron chi connectivity index (χ2n) is 6.62. The fraction of sp³-hybridized carbons (Fsp3) is 0.556. The summed E-state index contributed by atoms with van der Waals surface area (Å²) >= 11 is 3.71. The van der Waals surface area contributed by atoms with Crippen LogP contribution in [0.1, 0.15) is 56.1 Å². The number of aryl methyl sites for hydroxylation is 2. The van der Waals surface area contributed by atoms with Gasteiger partial charge in [0.1, 0.15) is 11.3 Å². The fourth-order valence-electron chi connectivity index (χ4n) is 2.88. The third kappa shape index (κ3) is 3.35. The molecule has 1 aromatic carbocycles. The van der Waals surface area contributed by atoms with Gasteiger partial charge in [0, 0.05) is 15.4 Å². The average molecular weight is 352 g/mol. The zero-order valence-electron chi connectivity index (χ0n) is 13.9. The number of furan rings is 1. The lowest BCUT2D eigenvalue weighted by molar-refractivity contribution is 0.478. The molecule has 2 nitrogen and oxygen atoms in total. The molecule has 2 aromatic rings. The Morgan fingerprint density at radius 1 is 1.19 bits per heavy atom. The SMILES string of the molecule is Cc1cc2oc(CNCC(C)C)c(C(C)C)c2c(C)c1Br. The number of hydrogen-bond donors (Lipinski definition) is 1. The number of rotatable bonds is 5. The van der Waals surface area contributed by atoms with Gasteiger partial charge >= 0.3 is 0 Å². The van der Waals surface area contributed by atoms with Crippen LogP contribution in [0.5, 0.6) is 0 Å². The van der Waals surface area contributed by atoms with Gasteiger partial charge in [0.2, 0.25) is 0 Å². The van der Waals surface area contributed by atoms with Gasteiger partial charge in [0.15, 0.2) is 0 Å². The summed E-state index contributed by atoms with van der Waals surface area (Å²) in [6.45, 7) is 15.0. The predicted molar refractivity (Wildman–Crippen MR) is 94.0 cm³/mol. The maximum Gasteiger partial charge on any atom is 0.135 e. The van der Waals surface area contributed by atoms with E-state index in [1.165, 1.54) is 26.5 Å². The molecule has 1 aromatic heterocycles. The lowest BCUT2D eigenvalue weighted by atomic mass is 9.95. The standard InChI is InChI=1S/C18H26BrNO/c1-10(2)8-20-9-15-16(11(3)4)17-13(6)18(19)12(5)7-14(17)21-15/h7,10-11,20H,8-9H2,1-6H3. The van der Waals surface area contributed by atoms with Crippen LogP contribution >= 0.6 is 15.9 Å². The molecule has 0 fully saturated rings. The summed E-state index contributed by atoms with van der Waals surface area (Å²) in [5.41, 5.74) is 4.87. The van der Waals surface area contributed by atoms with Crippen LogP contribution in [0, 0.1) is 19.8 Å². The van der Waals surface area contributed by atoms with E-state index in [1.54, 1.807) is 0 Å². The van der Waals surface area contributed by atoms with E-state index >= 15 is 0 Å². The van der Waals surface area contributed by atoms with Crippen molar-refractivity contribution in [1.82, 2.24) is 5.32 Å². The minimum Gasteiger partial charge on any atom is -0.459 e. The summed E-state index contributed by atoms with van der Waals surface area (Å²) < 4.78 is 7.37. The molecule has 0 saturated carbocycles. The second-order valence-corrected chi connectivity index (χ2v) is 7.42. The van der Waals surface area contributed by atoms with Crippen molar-refractivity contribution in [2.45, 2.75) is 54.0 Å². The molecule has 1 N–H and O–H groups in total. The van der Waals surface area contributed by atoms with Gasteiger partial charge < -0.3 is 9.73 Å². The van der Waals surface area contributed by atoms with E-state index in [4.69, 9.17) is 4.42 Å². The van der Waals surface area contributed by atoms with Gasteiger partial charge in [0.25, 0.3) is 0 Å². The molecule has 3 heteroatoms. The molecule has 0 atom stereocenters. The summed E-state index contributed by atoms with van der Waals surface area (Å²) in [6, 6.07) is 2.14. The molecule has 1 heterocycles. The van der Waals surface area contributed by atoms with Crippen LogP contribution < -0.4 is 5.32 Å². The highest BCUT2D eigenvalue weighted by molar-refractivity contribution is 9.10. The Balaban J connectivity index is 2.50. The third-order valence-corrected chi connectivity index (χ3v) is 5.08. The molecule has 0 spiro atoms. The summed E-state index contributed by atoms with van der Waals surface area (Å²) in [4.78, 5) is 0. The van der Waals surface area contributed by atoms with Crippen molar-refractivity contribution in [1.29, 1.82) is 0 Å². The van der Waals surface area contributed by atoms with Crippen LogP contribution in [-0.4, -0.2) is 6.54 Å². The van der Waals surface area contributed by atoms with E-state index in [9.17, 15) is 0 Å². The van der Waals surface area contributed by atoms with Crippen molar-refractivity contribution in [3.05, 3.63) is 33.0 Å². The van der Waals surface area contributed by atoms with Crippen LogP contribution in [0.15, 0.2) is 15.0 Å². The number of hydrogen-bond acceptors (Lipinski definition) is 2. The zero-order chi connectivity index (χ0) is 15.7. The molecular weight excluding hydrogens is 326 g/mol. The van der Waals surface area contributed by atoms with Crippen LogP contribution in [0.2, 0.25) is 0 Å².